The van der Waals surface area contributed by atoms with E-state index in [-0.39, 0.29) is 0 Å². The van der Waals surface area contributed by atoms with Crippen LogP contribution in [0.1, 0.15) is 38.3 Å². The van der Waals surface area contributed by atoms with Crippen LogP contribution in [0.3, 0.4) is 0 Å². The van der Waals surface area contributed by atoms with Crippen LogP contribution in [0, 0.1) is 6.92 Å². The van der Waals surface area contributed by atoms with Gasteiger partial charge in [-0.25, -0.2) is 4.79 Å². The fourth-order valence-electron chi connectivity index (χ4n) is 2.59. The average Bonchev–Trinajstić information content (AvgIpc) is 2.84. The maximum absolute atomic E-state index is 12.3. The van der Waals surface area contributed by atoms with Gasteiger partial charge >= 0.3 is 12.0 Å². The molecule has 1 heterocycles. The zero-order valence-electron chi connectivity index (χ0n) is 16.0. The van der Waals surface area contributed by atoms with Crippen LogP contribution in [0.15, 0.2) is 24.3 Å². The minimum atomic E-state index is -1.04. The topological polar surface area (TPSA) is 105 Å². The molecule has 4 amide bonds. The van der Waals surface area contributed by atoms with Crippen LogP contribution in [0.2, 0.25) is 0 Å². The molecule has 1 aliphatic heterocycles. The lowest BCUT2D eigenvalue weighted by Crippen LogP contribution is -2.44. The van der Waals surface area contributed by atoms with E-state index >= 15 is 0 Å². The summed E-state index contributed by atoms with van der Waals surface area (Å²) in [5.41, 5.74) is 1.02. The Morgan fingerprint density at radius 2 is 1.89 bits per heavy atom. The Bertz CT molecular complexity index is 746. The highest BCUT2D eigenvalue weighted by Gasteiger charge is 2.47. The number of carbonyl (C=O) groups is 4. The molecule has 0 saturated carbocycles. The highest BCUT2D eigenvalue weighted by atomic mass is 16.5. The van der Waals surface area contributed by atoms with Crippen molar-refractivity contribution in [3.05, 3.63) is 35.4 Å². The van der Waals surface area contributed by atoms with Gasteiger partial charge in [-0.1, -0.05) is 36.8 Å². The first-order valence-corrected chi connectivity index (χ1v) is 8.83. The highest BCUT2D eigenvalue weighted by Crippen LogP contribution is 2.20. The standard InChI is InChI=1S/C19H25N3O5/c1-5-19(4)17(25)22(18(26)21-19)11-15(23)27-13(3)16(24)20-10-14-8-6-12(2)7-9-14/h6-9,13H,5,10-11H2,1-4H3,(H,20,24)(H,21,26)/t13-,19-/m1/s1. The number of amides is 4. The molecular formula is C19H25N3O5. The first-order chi connectivity index (χ1) is 12.7. The zero-order chi connectivity index (χ0) is 20.2. The Labute approximate surface area is 158 Å². The third kappa shape index (κ3) is 4.84. The molecule has 146 valence electrons. The van der Waals surface area contributed by atoms with Gasteiger partial charge in [-0.15, -0.1) is 0 Å². The lowest BCUT2D eigenvalue weighted by atomic mass is 9.99. The molecule has 0 aromatic heterocycles. The van der Waals surface area contributed by atoms with E-state index in [1.165, 1.54) is 6.92 Å². The Morgan fingerprint density at radius 3 is 2.44 bits per heavy atom. The van der Waals surface area contributed by atoms with Gasteiger partial charge in [0.2, 0.25) is 0 Å². The van der Waals surface area contributed by atoms with Crippen molar-refractivity contribution in [3.63, 3.8) is 0 Å². The van der Waals surface area contributed by atoms with E-state index in [9.17, 15) is 19.2 Å². The maximum atomic E-state index is 12.3. The predicted molar refractivity (Wildman–Crippen MR) is 97.5 cm³/mol. The number of ether oxygens (including phenoxy) is 1. The minimum absolute atomic E-state index is 0.308. The second-order valence-electron chi connectivity index (χ2n) is 6.84. The van der Waals surface area contributed by atoms with Crippen molar-refractivity contribution in [1.29, 1.82) is 0 Å². The van der Waals surface area contributed by atoms with Gasteiger partial charge in [0.15, 0.2) is 6.10 Å². The summed E-state index contributed by atoms with van der Waals surface area (Å²) in [5.74, 6) is -1.76. The smallest absolute Gasteiger partial charge is 0.327 e. The molecule has 1 aromatic rings. The number of nitrogens with zero attached hydrogens (tertiary/aromatic N) is 1. The monoisotopic (exact) mass is 375 g/mol. The van der Waals surface area contributed by atoms with Crippen LogP contribution >= 0.6 is 0 Å². The van der Waals surface area contributed by atoms with Crippen molar-refractivity contribution in [2.45, 2.75) is 52.3 Å². The van der Waals surface area contributed by atoms with Crippen LogP contribution < -0.4 is 10.6 Å². The molecule has 1 fully saturated rings. The van der Waals surface area contributed by atoms with Crippen molar-refractivity contribution in [2.75, 3.05) is 6.54 Å². The average molecular weight is 375 g/mol. The molecule has 0 bridgehead atoms. The summed E-state index contributed by atoms with van der Waals surface area (Å²) < 4.78 is 5.06. The van der Waals surface area contributed by atoms with Crippen LogP contribution in [-0.4, -0.2) is 46.9 Å². The number of aryl methyl sites for hydroxylation is 1. The van der Waals surface area contributed by atoms with Crippen LogP contribution in [-0.2, 0) is 25.7 Å². The molecular weight excluding hydrogens is 350 g/mol. The highest BCUT2D eigenvalue weighted by molar-refractivity contribution is 6.08. The number of rotatable bonds is 7. The molecule has 2 N–H and O–H groups in total. The Kier molecular flexibility index (Phi) is 6.20. The molecule has 0 aliphatic carbocycles. The van der Waals surface area contributed by atoms with Gasteiger partial charge in [-0.3, -0.25) is 19.3 Å². The van der Waals surface area contributed by atoms with Crippen molar-refractivity contribution < 1.29 is 23.9 Å². The van der Waals surface area contributed by atoms with Crippen molar-refractivity contribution in [2.24, 2.45) is 0 Å². The van der Waals surface area contributed by atoms with Crippen LogP contribution in [0.5, 0.6) is 0 Å². The van der Waals surface area contributed by atoms with Crippen LogP contribution in [0.4, 0.5) is 4.79 Å². The van der Waals surface area contributed by atoms with Gasteiger partial charge < -0.3 is 15.4 Å². The molecule has 1 aromatic carbocycles. The number of benzene rings is 1. The fourth-order valence-corrected chi connectivity index (χ4v) is 2.59. The first kappa shape index (κ1) is 20.4. The summed E-state index contributed by atoms with van der Waals surface area (Å²) in [4.78, 5) is 49.1. The second-order valence-corrected chi connectivity index (χ2v) is 6.84. The van der Waals surface area contributed by atoms with Gasteiger partial charge in [-0.05, 0) is 32.8 Å². The Hall–Kier alpha value is -2.90. The molecule has 2 rings (SSSR count). The van der Waals surface area contributed by atoms with Gasteiger partial charge in [0.1, 0.15) is 12.1 Å². The quantitative estimate of drug-likeness (QED) is 0.551. The summed E-state index contributed by atoms with van der Waals surface area (Å²) in [6.07, 6.45) is -0.637. The van der Waals surface area contributed by atoms with E-state index in [1.807, 2.05) is 31.2 Å². The lowest BCUT2D eigenvalue weighted by molar-refractivity contribution is -0.156. The maximum Gasteiger partial charge on any atom is 0.327 e. The molecule has 1 aliphatic rings. The molecule has 0 spiro atoms. The van der Waals surface area contributed by atoms with Gasteiger partial charge in [-0.2, -0.15) is 0 Å². The predicted octanol–water partition coefficient (Wildman–Crippen LogP) is 1.26. The summed E-state index contributed by atoms with van der Waals surface area (Å²) in [6.45, 7) is 6.54. The number of carbonyl (C=O) groups excluding carboxylic acids is 4. The first-order valence-electron chi connectivity index (χ1n) is 8.83. The van der Waals surface area contributed by atoms with Crippen molar-refractivity contribution >= 4 is 23.8 Å². The second kappa shape index (κ2) is 8.20. The summed E-state index contributed by atoms with van der Waals surface area (Å²) in [7, 11) is 0. The van der Waals surface area contributed by atoms with Gasteiger partial charge in [0, 0.05) is 6.54 Å². The summed E-state index contributed by atoms with van der Waals surface area (Å²) in [5, 5.41) is 5.23. The molecule has 8 heteroatoms. The summed E-state index contributed by atoms with van der Waals surface area (Å²) >= 11 is 0. The van der Waals surface area contributed by atoms with Crippen molar-refractivity contribution in [3.8, 4) is 0 Å². The molecule has 2 atom stereocenters. The lowest BCUT2D eigenvalue weighted by Gasteiger charge is -2.19. The van der Waals surface area contributed by atoms with Gasteiger partial charge in [0.05, 0.1) is 0 Å². The third-order valence-electron chi connectivity index (χ3n) is 4.60. The molecule has 1 saturated heterocycles. The molecule has 0 unspecified atom stereocenters. The fraction of sp³-hybridized carbons (Fsp3) is 0.474. The molecule has 27 heavy (non-hydrogen) atoms. The molecule has 0 radical (unpaired) electrons. The SMILES string of the molecule is CC[C@@]1(C)NC(=O)N(CC(=O)O[C@H](C)C(=O)NCc2ccc(C)cc2)C1=O. The van der Waals surface area contributed by atoms with E-state index in [1.54, 1.807) is 13.8 Å². The number of imide groups is 1. The molecule has 8 nitrogen and oxygen atoms in total. The van der Waals surface area contributed by atoms with E-state index in [0.29, 0.717) is 13.0 Å². The Balaban J connectivity index is 1.84. The number of hydrogen-bond donors (Lipinski definition) is 2. The zero-order valence-corrected chi connectivity index (χ0v) is 16.0. The number of urea groups is 1. The number of esters is 1. The van der Waals surface area contributed by atoms with Crippen molar-refractivity contribution in [1.82, 2.24) is 15.5 Å². The minimum Gasteiger partial charge on any atom is -0.451 e. The van der Waals surface area contributed by atoms with E-state index in [4.69, 9.17) is 4.74 Å². The summed E-state index contributed by atoms with van der Waals surface area (Å²) in [6, 6.07) is 7.03. The van der Waals surface area contributed by atoms with Gasteiger partial charge in [0.25, 0.3) is 11.8 Å². The Morgan fingerprint density at radius 1 is 1.26 bits per heavy atom. The largest absolute Gasteiger partial charge is 0.451 e. The van der Waals surface area contributed by atoms with E-state index < -0.39 is 42.0 Å². The third-order valence-corrected chi connectivity index (χ3v) is 4.60. The normalized spacial score (nSPS) is 20.2. The van der Waals surface area contributed by atoms with E-state index in [0.717, 1.165) is 16.0 Å². The number of hydrogen-bond acceptors (Lipinski definition) is 5. The number of nitrogens with one attached hydrogen (secondary N) is 2. The van der Waals surface area contributed by atoms with E-state index in [2.05, 4.69) is 10.6 Å². The van der Waals surface area contributed by atoms with Crippen LogP contribution in [0.25, 0.3) is 0 Å².